The molecule has 0 saturated heterocycles. The second kappa shape index (κ2) is 24.4. The van der Waals surface area contributed by atoms with Crippen LogP contribution in [-0.4, -0.2) is 66.1 Å². The molecule has 0 aromatic heterocycles. The molecule has 1 radical (unpaired) electrons. The molecule has 39 heavy (non-hydrogen) atoms. The SMILES string of the molecule is C=CCc1cc(CCCCCCCCC)ccc1OCCOCCOCCOCCOCCO[S+]([O])(=O)O[NH3+]. The van der Waals surface area contributed by atoms with E-state index in [4.69, 9.17) is 23.7 Å². The Bertz CT molecular complexity index is 781. The fraction of sp³-hybridized carbons (Fsp3) is 0.714. The Kier molecular flexibility index (Phi) is 22.3. The summed E-state index contributed by atoms with van der Waals surface area (Å²) < 4.78 is 57.7. The summed E-state index contributed by atoms with van der Waals surface area (Å²) in [5.74, 6) is 3.67. The van der Waals surface area contributed by atoms with Gasteiger partial charge >= 0.3 is 10.8 Å². The molecule has 225 valence electrons. The van der Waals surface area contributed by atoms with Crippen molar-refractivity contribution < 1.29 is 46.8 Å². The Hall–Kier alpha value is -1.41. The smallest absolute Gasteiger partial charge is 0.491 e. The van der Waals surface area contributed by atoms with Gasteiger partial charge in [0.1, 0.15) is 23.5 Å². The van der Waals surface area contributed by atoms with Crippen molar-refractivity contribution in [2.75, 3.05) is 66.1 Å². The zero-order valence-electron chi connectivity index (χ0n) is 23.7. The van der Waals surface area contributed by atoms with Gasteiger partial charge in [-0.15, -0.1) is 10.8 Å². The average molecular weight is 577 g/mol. The number of aryl methyl sites for hydroxylation is 1. The number of rotatable bonds is 28. The minimum absolute atomic E-state index is 0.101. The van der Waals surface area contributed by atoms with Crippen molar-refractivity contribution in [3.63, 3.8) is 0 Å². The van der Waals surface area contributed by atoms with Gasteiger partial charge in [0.2, 0.25) is 0 Å². The fourth-order valence-corrected chi connectivity index (χ4v) is 4.07. The Morgan fingerprint density at radius 2 is 1.33 bits per heavy atom. The second-order valence-electron chi connectivity index (χ2n) is 8.95. The molecule has 10 nitrogen and oxygen atoms in total. The highest BCUT2D eigenvalue weighted by molar-refractivity contribution is 7.88. The first kappa shape index (κ1) is 35.6. The van der Waals surface area contributed by atoms with E-state index < -0.39 is 10.8 Å². The van der Waals surface area contributed by atoms with Gasteiger partial charge in [-0.1, -0.05) is 63.7 Å². The van der Waals surface area contributed by atoms with Gasteiger partial charge in [0.05, 0.1) is 57.1 Å². The van der Waals surface area contributed by atoms with E-state index in [1.54, 1.807) is 0 Å². The van der Waals surface area contributed by atoms with Gasteiger partial charge in [-0.3, -0.25) is 0 Å². The lowest BCUT2D eigenvalue weighted by Crippen LogP contribution is -2.53. The maximum absolute atomic E-state index is 10.9. The van der Waals surface area contributed by atoms with Crippen LogP contribution in [0.25, 0.3) is 0 Å². The lowest BCUT2D eigenvalue weighted by atomic mass is 10.0. The molecule has 0 aliphatic heterocycles. The molecule has 0 aliphatic rings. The minimum atomic E-state index is -4.02. The lowest BCUT2D eigenvalue weighted by Gasteiger charge is -2.13. The number of quaternary nitrogens is 1. The second-order valence-corrected chi connectivity index (χ2v) is 10.2. The molecule has 1 unspecified atom stereocenters. The van der Waals surface area contributed by atoms with Crippen molar-refractivity contribution >= 4 is 10.8 Å². The zero-order valence-corrected chi connectivity index (χ0v) is 24.6. The number of ether oxygens (including phenoxy) is 5. The number of unbranched alkanes of at least 4 members (excludes halogenated alkanes) is 6. The summed E-state index contributed by atoms with van der Waals surface area (Å²) in [6.07, 6.45) is 13.0. The Balaban J connectivity index is 2.02. The molecule has 0 heterocycles. The van der Waals surface area contributed by atoms with Gasteiger partial charge < -0.3 is 23.7 Å². The van der Waals surface area contributed by atoms with Crippen LogP contribution in [0.5, 0.6) is 5.75 Å². The molecule has 1 aromatic carbocycles. The van der Waals surface area contributed by atoms with E-state index in [2.05, 4.69) is 46.1 Å². The van der Waals surface area contributed by atoms with E-state index in [0.29, 0.717) is 52.9 Å². The molecular formula is C28H50NO9S+2. The van der Waals surface area contributed by atoms with Crippen LogP contribution in [0, 0.1) is 0 Å². The molecule has 0 aliphatic carbocycles. The van der Waals surface area contributed by atoms with E-state index in [9.17, 15) is 8.76 Å². The van der Waals surface area contributed by atoms with Crippen molar-refractivity contribution in [3.8, 4) is 5.75 Å². The Labute approximate surface area is 236 Å². The molecule has 0 bridgehead atoms. The van der Waals surface area contributed by atoms with Crippen LogP contribution in [0.3, 0.4) is 0 Å². The molecule has 0 saturated carbocycles. The van der Waals surface area contributed by atoms with Crippen LogP contribution in [0.4, 0.5) is 0 Å². The molecule has 3 N–H and O–H groups in total. The number of hydrogen-bond acceptors (Lipinski definition) is 8. The van der Waals surface area contributed by atoms with Crippen LogP contribution >= 0.6 is 0 Å². The normalized spacial score (nSPS) is 12.9. The summed E-state index contributed by atoms with van der Waals surface area (Å²) >= 11 is 0. The molecule has 11 heteroatoms. The van der Waals surface area contributed by atoms with Gasteiger partial charge in [-0.05, 0) is 36.5 Å². The van der Waals surface area contributed by atoms with Gasteiger partial charge in [-0.25, -0.2) is 0 Å². The van der Waals surface area contributed by atoms with Gasteiger partial charge in [0, 0.05) is 4.21 Å². The summed E-state index contributed by atoms with van der Waals surface area (Å²) in [6, 6.07) is 6.49. The maximum atomic E-state index is 10.9. The molecular weight excluding hydrogens is 526 g/mol. The topological polar surface area (TPSA) is 129 Å². The highest BCUT2D eigenvalue weighted by Gasteiger charge is 2.35. The van der Waals surface area contributed by atoms with Crippen LogP contribution in [0.2, 0.25) is 0 Å². The van der Waals surface area contributed by atoms with Crippen LogP contribution in [0.1, 0.15) is 63.0 Å². The van der Waals surface area contributed by atoms with Crippen LogP contribution < -0.4 is 10.6 Å². The highest BCUT2D eigenvalue weighted by Crippen LogP contribution is 2.22. The van der Waals surface area contributed by atoms with Crippen molar-refractivity contribution in [3.05, 3.63) is 42.0 Å². The summed E-state index contributed by atoms with van der Waals surface area (Å²) in [5, 5.41) is 0. The van der Waals surface area contributed by atoms with Gasteiger partial charge in [-0.2, -0.15) is 5.90 Å². The molecule has 0 fully saturated rings. The minimum Gasteiger partial charge on any atom is -0.491 e. The predicted molar refractivity (Wildman–Crippen MR) is 149 cm³/mol. The first-order chi connectivity index (χ1) is 19.0. The Morgan fingerprint density at radius 3 is 1.90 bits per heavy atom. The quantitative estimate of drug-likeness (QED) is 0.0685. The van der Waals surface area contributed by atoms with Crippen LogP contribution in [-0.2, 0) is 59.8 Å². The predicted octanol–water partition coefficient (Wildman–Crippen LogP) is 4.02. The van der Waals surface area contributed by atoms with E-state index in [1.165, 1.54) is 56.1 Å². The third kappa shape index (κ3) is 20.2. The first-order valence-electron chi connectivity index (χ1n) is 14.0. The molecule has 1 atom stereocenters. The average Bonchev–Trinajstić information content (AvgIpc) is 2.93. The van der Waals surface area contributed by atoms with E-state index in [0.717, 1.165) is 18.6 Å². The first-order valence-corrected chi connectivity index (χ1v) is 15.3. The number of benzene rings is 1. The maximum Gasteiger partial charge on any atom is 0.597 e. The van der Waals surface area contributed by atoms with Gasteiger partial charge in [0.15, 0.2) is 0 Å². The van der Waals surface area contributed by atoms with Crippen LogP contribution in [0.15, 0.2) is 30.9 Å². The summed E-state index contributed by atoms with van der Waals surface area (Å²) in [5.41, 5.74) is 2.53. The summed E-state index contributed by atoms with van der Waals surface area (Å²) in [6.45, 7) is 9.54. The monoisotopic (exact) mass is 576 g/mol. The summed E-state index contributed by atoms with van der Waals surface area (Å²) in [7, 11) is -4.02. The third-order valence-corrected chi connectivity index (χ3v) is 6.50. The van der Waals surface area contributed by atoms with E-state index >= 15 is 0 Å². The number of allylic oxidation sites excluding steroid dienone is 1. The lowest BCUT2D eigenvalue weighted by molar-refractivity contribution is -0.640. The molecule has 1 rings (SSSR count). The standard InChI is InChI=1S/C28H50NO9S/c1-3-5-6-7-8-9-10-12-26-13-14-28(27(25-26)11-4-2)36-23-21-34-19-17-32-15-16-33-18-20-35-22-24-37-39(30,31)38-29/h4,13-14,25H,2-3,5-12,15-24H2,1,29H3/q+2. The van der Waals surface area contributed by atoms with Crippen molar-refractivity contribution in [2.45, 2.75) is 64.7 Å². The fourth-order valence-electron chi connectivity index (χ4n) is 3.73. The van der Waals surface area contributed by atoms with Crippen molar-refractivity contribution in [2.24, 2.45) is 0 Å². The Morgan fingerprint density at radius 1 is 0.795 bits per heavy atom. The summed E-state index contributed by atoms with van der Waals surface area (Å²) in [4.78, 5) is 0. The number of hydrogen-bond donors (Lipinski definition) is 1. The van der Waals surface area contributed by atoms with E-state index in [1.807, 2.05) is 6.08 Å². The van der Waals surface area contributed by atoms with E-state index in [-0.39, 0.29) is 13.2 Å². The third-order valence-electron chi connectivity index (χ3n) is 5.76. The van der Waals surface area contributed by atoms with Gasteiger partial charge in [0.25, 0.3) is 0 Å². The highest BCUT2D eigenvalue weighted by atomic mass is 32.3. The molecule has 0 spiro atoms. The largest absolute Gasteiger partial charge is 0.597 e. The zero-order chi connectivity index (χ0) is 28.4. The van der Waals surface area contributed by atoms with Crippen molar-refractivity contribution in [1.29, 1.82) is 0 Å². The molecule has 1 aromatic rings. The molecule has 0 amide bonds. The van der Waals surface area contributed by atoms with Crippen molar-refractivity contribution in [1.82, 2.24) is 0 Å².